The summed E-state index contributed by atoms with van der Waals surface area (Å²) in [6.45, 7) is 0. The molecule has 0 saturated carbocycles. The van der Waals surface area contributed by atoms with Crippen molar-refractivity contribution in [1.29, 1.82) is 0 Å². The molecule has 58 heavy (non-hydrogen) atoms. The van der Waals surface area contributed by atoms with Crippen LogP contribution in [0.1, 0.15) is 43.2 Å². The van der Waals surface area contributed by atoms with Crippen molar-refractivity contribution in [2.45, 2.75) is 12.8 Å². The van der Waals surface area contributed by atoms with E-state index < -0.39 is 34.3 Å². The standard InChI is InChI=1S/C42H36N8O8/c1-49-33(23-37(53)47-41(49)57)21-35(51)43-29-17-9-27(10-18-29)39(55)45-31-13-5-25(6-14-31)3-4-26-7-15-32(16-8-26)46-40(56)28-11-19-30(20-12-28)44-36(52)22-34-24-38(54)48-42(58)50(34)2/h3-20,23-24H,21-22H2,1-2H3,(H,43,51)(H,44,52)(H,45,55)(H,46,56)(H,47,53,57)(H,48,54,58)/b4-3+. The minimum absolute atomic E-state index is 0.185. The molecule has 4 aromatic carbocycles. The second-order valence-corrected chi connectivity index (χ2v) is 13.1. The Kier molecular flexibility index (Phi) is 12.0. The summed E-state index contributed by atoms with van der Waals surface area (Å²) in [7, 11) is 2.91. The summed E-state index contributed by atoms with van der Waals surface area (Å²) in [6, 6.07) is 29.4. The monoisotopic (exact) mass is 780 g/mol. The molecule has 0 unspecified atom stereocenters. The van der Waals surface area contributed by atoms with Gasteiger partial charge < -0.3 is 30.4 Å². The number of hydrogen-bond donors (Lipinski definition) is 6. The topological polar surface area (TPSA) is 226 Å². The summed E-state index contributed by atoms with van der Waals surface area (Å²) in [6.07, 6.45) is 3.44. The van der Waals surface area contributed by atoms with E-state index in [1.807, 2.05) is 36.4 Å². The zero-order chi connectivity index (χ0) is 41.3. The SMILES string of the molecule is Cn1c(CC(=O)Nc2ccc(C(=O)Nc3ccc(/C=C/c4ccc(NC(=O)c5ccc(NC(=O)Cc6cc(=O)[nH]c(=O)n6C)cc5)cc4)cc3)cc2)cc(=O)[nH]c1=O. The largest absolute Gasteiger partial charge is 0.328 e. The lowest BCUT2D eigenvalue weighted by Gasteiger charge is -2.09. The van der Waals surface area contributed by atoms with Gasteiger partial charge in [-0.3, -0.25) is 38.7 Å². The van der Waals surface area contributed by atoms with Crippen molar-refractivity contribution in [2.75, 3.05) is 21.3 Å². The van der Waals surface area contributed by atoms with Crippen LogP contribution in [0.25, 0.3) is 12.2 Å². The van der Waals surface area contributed by atoms with Crippen LogP contribution in [0.3, 0.4) is 0 Å². The summed E-state index contributed by atoms with van der Waals surface area (Å²) in [4.78, 5) is 102. The first-order valence-corrected chi connectivity index (χ1v) is 17.7. The Labute approximate surface area is 328 Å². The minimum atomic E-state index is -0.612. The number of amides is 4. The maximum Gasteiger partial charge on any atom is 0.328 e. The van der Waals surface area contributed by atoms with E-state index in [0.29, 0.717) is 33.9 Å². The molecule has 16 heteroatoms. The minimum Gasteiger partial charge on any atom is -0.326 e. The molecular formula is C42H36N8O8. The van der Waals surface area contributed by atoms with Crippen molar-refractivity contribution in [1.82, 2.24) is 19.1 Å². The first-order chi connectivity index (χ1) is 27.8. The number of hydrogen-bond acceptors (Lipinski definition) is 8. The van der Waals surface area contributed by atoms with Crippen LogP contribution in [0.2, 0.25) is 0 Å². The lowest BCUT2D eigenvalue weighted by Crippen LogP contribution is -2.31. The first kappa shape index (κ1) is 39.6. The van der Waals surface area contributed by atoms with Crippen LogP contribution in [0, 0.1) is 0 Å². The number of carbonyl (C=O) groups is 4. The molecule has 16 nitrogen and oxygen atoms in total. The number of aromatic amines is 2. The molecule has 2 heterocycles. The van der Waals surface area contributed by atoms with Gasteiger partial charge in [0.15, 0.2) is 0 Å². The van der Waals surface area contributed by atoms with Crippen LogP contribution in [-0.2, 0) is 36.5 Å². The average molecular weight is 781 g/mol. The molecule has 0 aliphatic heterocycles. The van der Waals surface area contributed by atoms with E-state index in [1.165, 1.54) is 35.4 Å². The first-order valence-electron chi connectivity index (χ1n) is 17.7. The Balaban J connectivity index is 0.954. The molecule has 6 rings (SSSR count). The predicted octanol–water partition coefficient (Wildman–Crippen LogP) is 3.50. The zero-order valence-electron chi connectivity index (χ0n) is 31.1. The van der Waals surface area contributed by atoms with Crippen LogP contribution < -0.4 is 43.8 Å². The highest BCUT2D eigenvalue weighted by Crippen LogP contribution is 2.18. The number of benzene rings is 4. The quantitative estimate of drug-likeness (QED) is 0.101. The van der Waals surface area contributed by atoms with Crippen molar-refractivity contribution in [2.24, 2.45) is 14.1 Å². The predicted molar refractivity (Wildman–Crippen MR) is 220 cm³/mol. The summed E-state index contributed by atoms with van der Waals surface area (Å²) in [5, 5.41) is 11.1. The van der Waals surface area contributed by atoms with Crippen LogP contribution in [0.15, 0.2) is 128 Å². The maximum atomic E-state index is 12.9. The molecule has 0 fully saturated rings. The van der Waals surface area contributed by atoms with Crippen molar-refractivity contribution < 1.29 is 19.2 Å². The number of anilines is 4. The summed E-state index contributed by atoms with van der Waals surface area (Å²) < 4.78 is 2.38. The van der Waals surface area contributed by atoms with Crippen molar-refractivity contribution in [3.05, 3.63) is 185 Å². The molecule has 0 radical (unpaired) electrons. The average Bonchev–Trinajstić information content (AvgIpc) is 3.19. The second-order valence-electron chi connectivity index (χ2n) is 13.1. The summed E-state index contributed by atoms with van der Waals surface area (Å²) in [5.41, 5.74) is 2.67. The van der Waals surface area contributed by atoms with Crippen molar-refractivity contribution >= 4 is 58.5 Å². The molecule has 0 atom stereocenters. The summed E-state index contributed by atoms with van der Waals surface area (Å²) >= 11 is 0. The fourth-order valence-corrected chi connectivity index (χ4v) is 5.65. The normalized spacial score (nSPS) is 10.9. The highest BCUT2D eigenvalue weighted by Gasteiger charge is 2.13. The third kappa shape index (κ3) is 10.3. The van der Waals surface area contributed by atoms with E-state index in [9.17, 15) is 38.4 Å². The fourth-order valence-electron chi connectivity index (χ4n) is 5.65. The molecule has 0 aliphatic carbocycles. The number of H-pyrrole nitrogens is 2. The van der Waals surface area contributed by atoms with Crippen LogP contribution in [0.5, 0.6) is 0 Å². The second kappa shape index (κ2) is 17.5. The molecule has 2 aromatic heterocycles. The summed E-state index contributed by atoms with van der Waals surface area (Å²) in [5.74, 6) is -1.55. The number of carbonyl (C=O) groups excluding carboxylic acids is 4. The fraction of sp³-hybridized carbons (Fsp3) is 0.0952. The van der Waals surface area contributed by atoms with Crippen LogP contribution in [0.4, 0.5) is 22.7 Å². The van der Waals surface area contributed by atoms with E-state index in [2.05, 4.69) is 31.2 Å². The third-order valence-corrected chi connectivity index (χ3v) is 8.88. The zero-order valence-corrected chi connectivity index (χ0v) is 31.1. The van der Waals surface area contributed by atoms with Gasteiger partial charge in [0.25, 0.3) is 22.9 Å². The van der Waals surface area contributed by atoms with Gasteiger partial charge >= 0.3 is 11.4 Å². The van der Waals surface area contributed by atoms with E-state index in [0.717, 1.165) is 11.1 Å². The van der Waals surface area contributed by atoms with Gasteiger partial charge in [-0.15, -0.1) is 0 Å². The van der Waals surface area contributed by atoms with E-state index in [-0.39, 0.29) is 36.0 Å². The number of nitrogens with one attached hydrogen (secondary N) is 6. The molecule has 0 saturated heterocycles. The molecule has 0 bridgehead atoms. The van der Waals surface area contributed by atoms with E-state index >= 15 is 0 Å². The highest BCUT2D eigenvalue weighted by atomic mass is 16.2. The molecule has 292 valence electrons. The number of nitrogens with zero attached hydrogens (tertiary/aromatic N) is 2. The van der Waals surface area contributed by atoms with Crippen LogP contribution >= 0.6 is 0 Å². The lowest BCUT2D eigenvalue weighted by atomic mass is 10.1. The number of rotatable bonds is 12. The number of aromatic nitrogens is 4. The molecule has 0 aliphatic rings. The van der Waals surface area contributed by atoms with Gasteiger partial charge in [0.1, 0.15) is 0 Å². The molecule has 6 N–H and O–H groups in total. The Hall–Kier alpha value is -8.14. The van der Waals surface area contributed by atoms with Crippen LogP contribution in [-0.4, -0.2) is 42.7 Å². The van der Waals surface area contributed by atoms with Gasteiger partial charge in [-0.1, -0.05) is 36.4 Å². The van der Waals surface area contributed by atoms with Gasteiger partial charge in [0.05, 0.1) is 12.8 Å². The maximum absolute atomic E-state index is 12.9. The van der Waals surface area contributed by atoms with Crippen molar-refractivity contribution in [3.8, 4) is 0 Å². The van der Waals surface area contributed by atoms with Gasteiger partial charge in [-0.25, -0.2) is 9.59 Å². The smallest absolute Gasteiger partial charge is 0.326 e. The van der Waals surface area contributed by atoms with E-state index in [1.54, 1.807) is 72.8 Å². The molecule has 6 aromatic rings. The van der Waals surface area contributed by atoms with Gasteiger partial charge in [0, 0.05) is 71.5 Å². The van der Waals surface area contributed by atoms with Crippen molar-refractivity contribution in [3.63, 3.8) is 0 Å². The molecular weight excluding hydrogens is 745 g/mol. The molecule has 0 spiro atoms. The Morgan fingerprint density at radius 1 is 0.483 bits per heavy atom. The third-order valence-electron chi connectivity index (χ3n) is 8.88. The Morgan fingerprint density at radius 3 is 1.14 bits per heavy atom. The van der Waals surface area contributed by atoms with E-state index in [4.69, 9.17) is 0 Å². The van der Waals surface area contributed by atoms with Gasteiger partial charge in [-0.2, -0.15) is 0 Å². The molecule has 4 amide bonds. The Bertz CT molecular complexity index is 2590. The van der Waals surface area contributed by atoms with Gasteiger partial charge in [0.2, 0.25) is 11.8 Å². The Morgan fingerprint density at radius 2 is 0.793 bits per heavy atom. The lowest BCUT2D eigenvalue weighted by molar-refractivity contribution is -0.116. The highest BCUT2D eigenvalue weighted by molar-refractivity contribution is 6.05. The van der Waals surface area contributed by atoms with Gasteiger partial charge in [-0.05, 0) is 83.9 Å².